The van der Waals surface area contributed by atoms with Gasteiger partial charge in [0.05, 0.1) is 11.0 Å². The fourth-order valence-corrected chi connectivity index (χ4v) is 7.90. The topological polar surface area (TPSA) is 4.93 Å². The Labute approximate surface area is 281 Å². The molecule has 0 saturated heterocycles. The van der Waals surface area contributed by atoms with Crippen molar-refractivity contribution in [2.75, 3.05) is 0 Å². The molecule has 0 radical (unpaired) electrons. The Bertz CT molecular complexity index is 2720. The highest BCUT2D eigenvalue weighted by molar-refractivity contribution is 6.28. The Kier molecular flexibility index (Phi) is 6.82. The summed E-state index contributed by atoms with van der Waals surface area (Å²) in [6.45, 7) is 2.19. The molecule has 1 nitrogen and oxygen atoms in total. The number of nitrogens with zero attached hydrogens (tertiary/aromatic N) is 1. The van der Waals surface area contributed by atoms with E-state index < -0.39 is 0 Å². The van der Waals surface area contributed by atoms with Gasteiger partial charge in [-0.25, -0.2) is 0 Å². The molecule has 0 fully saturated rings. The average molecular weight is 616 g/mol. The number of fused-ring (bicyclic) bond motifs is 4. The van der Waals surface area contributed by atoms with Crippen LogP contribution in [0, 0.1) is 6.92 Å². The monoisotopic (exact) mass is 615 g/mol. The van der Waals surface area contributed by atoms with E-state index in [1.165, 1.54) is 98.4 Å². The summed E-state index contributed by atoms with van der Waals surface area (Å²) in [5.41, 5.74) is 9.93. The lowest BCUT2D eigenvalue weighted by molar-refractivity contribution is 1.18. The maximum Gasteiger partial charge on any atom is 0.0541 e. The first-order chi connectivity index (χ1) is 22.7. The van der Waals surface area contributed by atoms with Crippen molar-refractivity contribution in [3.8, 4) is 27.9 Å². The zero-order valence-electron chi connectivity index (χ0n) is 25.5. The van der Waals surface area contributed by atoms with Crippen LogP contribution in [-0.2, 0) is 0 Å². The van der Waals surface area contributed by atoms with E-state index >= 15 is 0 Å². The summed E-state index contributed by atoms with van der Waals surface area (Å²) in [6, 6.07) is 58.5. The molecule has 0 amide bonds. The van der Waals surface area contributed by atoms with Gasteiger partial charge in [-0.15, -0.1) is 0 Å². The number of aromatic nitrogens is 1. The lowest BCUT2D eigenvalue weighted by Crippen LogP contribution is -1.94. The van der Waals surface area contributed by atoms with Crippen LogP contribution in [-0.4, -0.2) is 4.57 Å². The van der Waals surface area contributed by atoms with Crippen LogP contribution >= 0.6 is 0 Å². The summed E-state index contributed by atoms with van der Waals surface area (Å²) in [5, 5.41) is 13.0. The van der Waals surface area contributed by atoms with Crippen molar-refractivity contribution in [2.45, 2.75) is 21.8 Å². The number of benzene rings is 9. The summed E-state index contributed by atoms with van der Waals surface area (Å²) in [7, 11) is 0. The fourth-order valence-electron chi connectivity index (χ4n) is 7.90. The summed E-state index contributed by atoms with van der Waals surface area (Å²) in [4.78, 5) is 0. The first kappa shape index (κ1) is 29.5. The Morgan fingerprint density at radius 3 is 1.54 bits per heavy atom. The van der Waals surface area contributed by atoms with Gasteiger partial charge in [0, 0.05) is 16.5 Å². The smallest absolute Gasteiger partial charge is 0.0541 e. The second-order valence-corrected chi connectivity index (χ2v) is 12.6. The van der Waals surface area contributed by atoms with Gasteiger partial charge in [-0.1, -0.05) is 136 Å². The summed E-state index contributed by atoms with van der Waals surface area (Å²) in [5.74, 6) is 0. The molecule has 1 aromatic heterocycles. The molecule has 0 spiro atoms. The molecule has 0 N–H and O–H groups in total. The first-order valence-corrected chi connectivity index (χ1v) is 16.0. The van der Waals surface area contributed by atoms with Crippen LogP contribution in [0.3, 0.4) is 0 Å². The summed E-state index contributed by atoms with van der Waals surface area (Å²) >= 11 is 0. The third-order valence-corrected chi connectivity index (χ3v) is 9.94. The molecule has 0 aliphatic heterocycles. The number of aryl methyl sites for hydroxylation is 1. The highest BCUT2D eigenvalue weighted by Gasteiger charge is 2.18. The van der Waals surface area contributed by atoms with E-state index in [0.29, 0.717) is 0 Å². The van der Waals surface area contributed by atoms with Gasteiger partial charge in [0.15, 0.2) is 0 Å². The average Bonchev–Trinajstić information content (AvgIpc) is 3.44. The molecule has 1 heteroatoms. The molecule has 230 valence electrons. The second kappa shape index (κ2) is 11.1. The van der Waals surface area contributed by atoms with E-state index in [-0.39, 0.29) is 14.9 Å². The van der Waals surface area contributed by atoms with Gasteiger partial charge in [0.2, 0.25) is 0 Å². The molecule has 0 saturated carbocycles. The highest BCUT2D eigenvalue weighted by Crippen LogP contribution is 2.45. The zero-order chi connectivity index (χ0) is 30.4. The van der Waals surface area contributed by atoms with Crippen LogP contribution < -0.4 is 0 Å². The third-order valence-electron chi connectivity index (χ3n) is 9.94. The molecule has 0 aliphatic rings. The van der Waals surface area contributed by atoms with Crippen molar-refractivity contribution in [2.24, 2.45) is 0 Å². The zero-order valence-corrected chi connectivity index (χ0v) is 25.5. The van der Waals surface area contributed by atoms with Crippen LogP contribution in [0.5, 0.6) is 0 Å². The van der Waals surface area contributed by atoms with Crippen LogP contribution in [0.15, 0.2) is 158 Å². The molecule has 0 aliphatic carbocycles. The van der Waals surface area contributed by atoms with Gasteiger partial charge in [-0.05, 0) is 114 Å². The van der Waals surface area contributed by atoms with Gasteiger partial charge in [-0.2, -0.15) is 0 Å². The molecule has 0 atom stereocenters. The standard InChI is InChI=1S/C45H29N.2CH4/c1-28-24-33-18-22-38-40(30-16-20-35(21-17-30)46-42-12-6-4-10-36(42)37-11-5-7-13-43(37)46)27-41(39-23-19-34(25-28)44(33)45(38)39)32-15-14-29-8-2-3-9-31(29)26-32;;/h2-27H,1H3;2*1H4. The molecule has 10 rings (SSSR count). The minimum Gasteiger partial charge on any atom is -0.309 e. The van der Waals surface area contributed by atoms with E-state index in [2.05, 4.69) is 169 Å². The van der Waals surface area contributed by atoms with Crippen LogP contribution in [0.25, 0.3) is 92.8 Å². The van der Waals surface area contributed by atoms with Crippen molar-refractivity contribution in [1.29, 1.82) is 0 Å². The lowest BCUT2D eigenvalue weighted by Gasteiger charge is -2.19. The molecule has 10 aromatic rings. The Morgan fingerprint density at radius 2 is 0.896 bits per heavy atom. The van der Waals surface area contributed by atoms with Crippen molar-refractivity contribution in [3.05, 3.63) is 163 Å². The first-order valence-electron chi connectivity index (χ1n) is 16.0. The Hall–Kier alpha value is -5.92. The Morgan fingerprint density at radius 1 is 0.375 bits per heavy atom. The van der Waals surface area contributed by atoms with E-state index in [1.54, 1.807) is 0 Å². The number of rotatable bonds is 3. The normalized spacial score (nSPS) is 11.5. The minimum absolute atomic E-state index is 0. The van der Waals surface area contributed by atoms with Gasteiger partial charge in [0.25, 0.3) is 0 Å². The second-order valence-electron chi connectivity index (χ2n) is 12.6. The predicted octanol–water partition coefficient (Wildman–Crippen LogP) is 13.7. The van der Waals surface area contributed by atoms with Gasteiger partial charge in [0.1, 0.15) is 0 Å². The molecule has 0 bridgehead atoms. The number of hydrogen-bond donors (Lipinski definition) is 0. The van der Waals surface area contributed by atoms with Gasteiger partial charge >= 0.3 is 0 Å². The Balaban J connectivity index is 0.00000168. The maximum absolute atomic E-state index is 2.42. The molecular weight excluding hydrogens is 579 g/mol. The highest BCUT2D eigenvalue weighted by atomic mass is 15.0. The van der Waals surface area contributed by atoms with Gasteiger partial charge in [-0.3, -0.25) is 0 Å². The minimum atomic E-state index is 0. The van der Waals surface area contributed by atoms with Crippen LogP contribution in [0.1, 0.15) is 20.4 Å². The largest absolute Gasteiger partial charge is 0.309 e. The van der Waals surface area contributed by atoms with E-state index in [0.717, 1.165) is 0 Å². The van der Waals surface area contributed by atoms with Crippen LogP contribution in [0.2, 0.25) is 0 Å². The van der Waals surface area contributed by atoms with Crippen LogP contribution in [0.4, 0.5) is 0 Å². The summed E-state index contributed by atoms with van der Waals surface area (Å²) < 4.78 is 2.39. The quantitative estimate of drug-likeness (QED) is 0.174. The number of para-hydroxylation sites is 2. The predicted molar refractivity (Wildman–Crippen MR) is 211 cm³/mol. The number of hydrogen-bond acceptors (Lipinski definition) is 0. The molecule has 48 heavy (non-hydrogen) atoms. The molecule has 0 unspecified atom stereocenters. The molecule has 1 heterocycles. The van der Waals surface area contributed by atoms with Crippen molar-refractivity contribution in [1.82, 2.24) is 4.57 Å². The fraction of sp³-hybridized carbons (Fsp3) is 0.0638. The van der Waals surface area contributed by atoms with Crippen molar-refractivity contribution in [3.63, 3.8) is 0 Å². The van der Waals surface area contributed by atoms with E-state index in [1.807, 2.05) is 0 Å². The van der Waals surface area contributed by atoms with E-state index in [4.69, 9.17) is 0 Å². The molecule has 9 aromatic carbocycles. The van der Waals surface area contributed by atoms with Gasteiger partial charge < -0.3 is 4.57 Å². The summed E-state index contributed by atoms with van der Waals surface area (Å²) in [6.07, 6.45) is 0. The van der Waals surface area contributed by atoms with Crippen molar-refractivity contribution >= 4 is 64.9 Å². The van der Waals surface area contributed by atoms with E-state index in [9.17, 15) is 0 Å². The lowest BCUT2D eigenvalue weighted by atomic mass is 9.85. The third kappa shape index (κ3) is 4.25. The van der Waals surface area contributed by atoms with Crippen molar-refractivity contribution < 1.29 is 0 Å². The maximum atomic E-state index is 2.42. The SMILES string of the molecule is C.C.Cc1cc2ccc3c(-c4ccc(-n5c6ccccc6c6ccccc65)cc4)cc(-c4ccc5ccccc5c4)c4ccc(c1)c2c34. The molecular formula is C47H37N.